The molecule has 4 rings (SSSR count). The van der Waals surface area contributed by atoms with Crippen molar-refractivity contribution < 1.29 is 4.79 Å². The average molecular weight is 405 g/mol. The summed E-state index contributed by atoms with van der Waals surface area (Å²) in [6, 6.07) is 10.3. The summed E-state index contributed by atoms with van der Waals surface area (Å²) in [6.45, 7) is 3.83. The lowest BCUT2D eigenvalue weighted by Gasteiger charge is -2.23. The molecule has 2 aromatic heterocycles. The van der Waals surface area contributed by atoms with Crippen LogP contribution in [0.3, 0.4) is 0 Å². The highest BCUT2D eigenvalue weighted by atomic mass is 35.5. The van der Waals surface area contributed by atoms with Crippen LogP contribution in [0.5, 0.6) is 0 Å². The molecule has 27 heavy (non-hydrogen) atoms. The molecule has 2 N–H and O–H groups in total. The van der Waals surface area contributed by atoms with Gasteiger partial charge in [0, 0.05) is 6.20 Å². The summed E-state index contributed by atoms with van der Waals surface area (Å²) in [4.78, 5) is 17.9. The molecule has 9 heteroatoms. The van der Waals surface area contributed by atoms with Crippen LogP contribution in [0.2, 0.25) is 0 Å². The number of rotatable bonds is 4. The summed E-state index contributed by atoms with van der Waals surface area (Å²) in [5.41, 5.74) is 2.24. The second-order valence-corrected chi connectivity index (χ2v) is 7.33. The standard InChI is InChI=1S/C18H20N6OS.ClH/c1-12-16(22-23-24(12)14-7-9-19-10-8-14)17(25)21-18-20-11-15(26-18)13-5-3-2-4-6-13;/h2-6,11,14,19H,7-10H2,1H3,(H,20,21,25);1H. The number of amides is 1. The number of nitrogens with one attached hydrogen (secondary N) is 2. The molecule has 1 aliphatic rings. The Balaban J connectivity index is 0.00000210. The Labute approximate surface area is 167 Å². The van der Waals surface area contributed by atoms with Gasteiger partial charge in [0.2, 0.25) is 0 Å². The van der Waals surface area contributed by atoms with E-state index in [4.69, 9.17) is 0 Å². The molecule has 0 radical (unpaired) electrons. The zero-order valence-corrected chi connectivity index (χ0v) is 16.5. The first-order chi connectivity index (χ1) is 12.7. The van der Waals surface area contributed by atoms with Crippen LogP contribution >= 0.6 is 23.7 Å². The third-order valence-electron chi connectivity index (χ3n) is 4.58. The minimum Gasteiger partial charge on any atom is -0.317 e. The minimum absolute atomic E-state index is 0. The monoisotopic (exact) mass is 404 g/mol. The topological polar surface area (TPSA) is 84.7 Å². The van der Waals surface area contributed by atoms with Crippen LogP contribution in [0, 0.1) is 6.92 Å². The van der Waals surface area contributed by atoms with E-state index in [-0.39, 0.29) is 18.3 Å². The van der Waals surface area contributed by atoms with Gasteiger partial charge in [-0.25, -0.2) is 9.67 Å². The molecule has 0 saturated carbocycles. The van der Waals surface area contributed by atoms with Gasteiger partial charge in [0.25, 0.3) is 5.91 Å². The zero-order chi connectivity index (χ0) is 17.9. The highest BCUT2D eigenvalue weighted by Gasteiger charge is 2.23. The molecule has 0 unspecified atom stereocenters. The molecule has 1 aliphatic heterocycles. The van der Waals surface area contributed by atoms with Crippen LogP contribution in [0.1, 0.15) is 35.1 Å². The summed E-state index contributed by atoms with van der Waals surface area (Å²) in [6.07, 6.45) is 3.77. The molecule has 1 saturated heterocycles. The molecular formula is C18H21ClN6OS. The van der Waals surface area contributed by atoms with Crippen molar-refractivity contribution in [2.75, 3.05) is 18.4 Å². The van der Waals surface area contributed by atoms with Crippen LogP contribution < -0.4 is 10.6 Å². The Morgan fingerprint density at radius 2 is 2.00 bits per heavy atom. The molecule has 7 nitrogen and oxygen atoms in total. The Morgan fingerprint density at radius 1 is 1.26 bits per heavy atom. The lowest BCUT2D eigenvalue weighted by atomic mass is 10.1. The van der Waals surface area contributed by atoms with Crippen LogP contribution in [-0.2, 0) is 0 Å². The number of hydrogen-bond acceptors (Lipinski definition) is 6. The summed E-state index contributed by atoms with van der Waals surface area (Å²) in [7, 11) is 0. The number of piperidine rings is 1. The molecule has 1 amide bonds. The molecule has 1 fully saturated rings. The minimum atomic E-state index is -0.267. The van der Waals surface area contributed by atoms with Crippen molar-refractivity contribution in [3.63, 3.8) is 0 Å². The van der Waals surface area contributed by atoms with Crippen LogP contribution in [0.25, 0.3) is 10.4 Å². The number of anilines is 1. The number of aromatic nitrogens is 4. The second-order valence-electron chi connectivity index (χ2n) is 6.30. The third-order valence-corrected chi connectivity index (χ3v) is 5.54. The van der Waals surface area contributed by atoms with Crippen molar-refractivity contribution >= 4 is 34.8 Å². The Kier molecular flexibility index (Phi) is 6.20. The number of thiazole rings is 1. The van der Waals surface area contributed by atoms with Crippen molar-refractivity contribution in [3.05, 3.63) is 47.9 Å². The molecule has 0 atom stereocenters. The Hall–Kier alpha value is -2.29. The zero-order valence-electron chi connectivity index (χ0n) is 14.9. The fourth-order valence-electron chi connectivity index (χ4n) is 3.17. The van der Waals surface area contributed by atoms with E-state index in [0.29, 0.717) is 16.9 Å². The first-order valence-corrected chi connectivity index (χ1v) is 9.49. The van der Waals surface area contributed by atoms with Gasteiger partial charge < -0.3 is 5.32 Å². The summed E-state index contributed by atoms with van der Waals surface area (Å²) >= 11 is 1.44. The number of benzene rings is 1. The van der Waals surface area contributed by atoms with Crippen molar-refractivity contribution in [3.8, 4) is 10.4 Å². The number of carbonyl (C=O) groups is 1. The molecule has 3 heterocycles. The van der Waals surface area contributed by atoms with E-state index in [2.05, 4.69) is 25.9 Å². The molecule has 142 valence electrons. The molecule has 0 aliphatic carbocycles. The highest BCUT2D eigenvalue weighted by molar-refractivity contribution is 7.19. The van der Waals surface area contributed by atoms with Gasteiger partial charge in [-0.3, -0.25) is 10.1 Å². The third kappa shape index (κ3) is 4.18. The van der Waals surface area contributed by atoms with Crippen LogP contribution in [0.15, 0.2) is 36.5 Å². The molecular weight excluding hydrogens is 384 g/mol. The maximum atomic E-state index is 12.6. The van der Waals surface area contributed by atoms with Gasteiger partial charge >= 0.3 is 0 Å². The molecule has 1 aromatic carbocycles. The maximum Gasteiger partial charge on any atom is 0.279 e. The first-order valence-electron chi connectivity index (χ1n) is 8.67. The fraction of sp³-hybridized carbons (Fsp3) is 0.333. The van der Waals surface area contributed by atoms with Crippen molar-refractivity contribution in [1.29, 1.82) is 0 Å². The van der Waals surface area contributed by atoms with Gasteiger partial charge in [0.15, 0.2) is 10.8 Å². The van der Waals surface area contributed by atoms with E-state index in [1.807, 2.05) is 41.9 Å². The van der Waals surface area contributed by atoms with Gasteiger partial charge in [0.1, 0.15) is 0 Å². The SMILES string of the molecule is Cc1c(C(=O)Nc2ncc(-c3ccccc3)s2)nnn1C1CCNCC1.Cl. The van der Waals surface area contributed by atoms with Crippen molar-refractivity contribution in [2.45, 2.75) is 25.8 Å². The van der Waals surface area contributed by atoms with Gasteiger partial charge in [-0.1, -0.05) is 46.9 Å². The van der Waals surface area contributed by atoms with Crippen LogP contribution in [0.4, 0.5) is 5.13 Å². The fourth-order valence-corrected chi connectivity index (χ4v) is 3.99. The Bertz CT molecular complexity index is 904. The van der Waals surface area contributed by atoms with Gasteiger partial charge in [-0.2, -0.15) is 0 Å². The number of nitrogens with zero attached hydrogens (tertiary/aromatic N) is 4. The summed E-state index contributed by atoms with van der Waals surface area (Å²) in [5, 5.41) is 15.1. The van der Waals surface area contributed by atoms with Crippen molar-refractivity contribution in [1.82, 2.24) is 25.3 Å². The van der Waals surface area contributed by atoms with Gasteiger partial charge in [0.05, 0.1) is 16.6 Å². The van der Waals surface area contributed by atoms with E-state index in [9.17, 15) is 4.79 Å². The number of carbonyl (C=O) groups excluding carboxylic acids is 1. The summed E-state index contributed by atoms with van der Waals surface area (Å²) < 4.78 is 1.88. The highest BCUT2D eigenvalue weighted by Crippen LogP contribution is 2.29. The van der Waals surface area contributed by atoms with E-state index in [1.54, 1.807) is 6.20 Å². The van der Waals surface area contributed by atoms with Gasteiger partial charge in [-0.05, 0) is 38.4 Å². The van der Waals surface area contributed by atoms with Crippen molar-refractivity contribution in [2.24, 2.45) is 0 Å². The maximum absolute atomic E-state index is 12.6. The Morgan fingerprint density at radius 3 is 2.74 bits per heavy atom. The van der Waals surface area contributed by atoms with Gasteiger partial charge in [-0.15, -0.1) is 17.5 Å². The summed E-state index contributed by atoms with van der Waals surface area (Å²) in [5.74, 6) is -0.267. The predicted molar refractivity (Wildman–Crippen MR) is 109 cm³/mol. The normalized spacial score (nSPS) is 14.6. The number of halogens is 1. The van der Waals surface area contributed by atoms with E-state index in [0.717, 1.165) is 42.1 Å². The lowest BCUT2D eigenvalue weighted by Crippen LogP contribution is -2.30. The first kappa shape index (κ1) is 19.5. The van der Waals surface area contributed by atoms with E-state index >= 15 is 0 Å². The lowest BCUT2D eigenvalue weighted by molar-refractivity contribution is 0.102. The largest absolute Gasteiger partial charge is 0.317 e. The number of hydrogen-bond donors (Lipinski definition) is 2. The molecule has 0 spiro atoms. The average Bonchev–Trinajstić information content (AvgIpc) is 3.30. The second kappa shape index (κ2) is 8.60. The predicted octanol–water partition coefficient (Wildman–Crippen LogP) is 3.31. The quantitative estimate of drug-likeness (QED) is 0.696. The molecule has 0 bridgehead atoms. The van der Waals surface area contributed by atoms with E-state index < -0.39 is 0 Å². The van der Waals surface area contributed by atoms with E-state index in [1.165, 1.54) is 11.3 Å². The molecule has 3 aromatic rings. The smallest absolute Gasteiger partial charge is 0.279 e. The van der Waals surface area contributed by atoms with Crippen LogP contribution in [-0.4, -0.2) is 39.0 Å².